The number of β-lactam (4-membered cyclic amide) rings is 1. The summed E-state index contributed by atoms with van der Waals surface area (Å²) in [6.45, 7) is -0.376. The van der Waals surface area contributed by atoms with Crippen molar-refractivity contribution in [3.05, 3.63) is 0 Å². The highest BCUT2D eigenvalue weighted by Crippen LogP contribution is 2.16. The Hall–Kier alpha value is -1.93. The van der Waals surface area contributed by atoms with E-state index < -0.39 is 28.3 Å². The number of rotatable bonds is 3. The minimum atomic E-state index is -4.34. The van der Waals surface area contributed by atoms with E-state index in [4.69, 9.17) is 5.11 Å². The molecular formula is C5H5N3O6S. The Kier molecular flexibility index (Phi) is 2.73. The van der Waals surface area contributed by atoms with Gasteiger partial charge in [-0.3, -0.25) is 4.79 Å². The molecule has 0 aliphatic carbocycles. The maximum absolute atomic E-state index is 11.0. The van der Waals surface area contributed by atoms with Crippen molar-refractivity contribution in [2.45, 2.75) is 6.04 Å². The predicted octanol–water partition coefficient (Wildman–Crippen LogP) is -1.95. The monoisotopic (exact) mass is 235 g/mol. The molecule has 1 heterocycles. The van der Waals surface area contributed by atoms with E-state index in [0.717, 1.165) is 6.08 Å². The Labute approximate surface area is 83.6 Å². The molecule has 1 saturated heterocycles. The van der Waals surface area contributed by atoms with Crippen LogP contribution in [-0.2, 0) is 19.8 Å². The highest BCUT2D eigenvalue weighted by atomic mass is 32.2. The lowest BCUT2D eigenvalue weighted by atomic mass is 10.2. The Morgan fingerprint density at radius 2 is 2.27 bits per heavy atom. The zero-order valence-corrected chi connectivity index (χ0v) is 7.89. The van der Waals surface area contributed by atoms with Crippen LogP contribution in [0.25, 0.3) is 0 Å². The van der Waals surface area contributed by atoms with Gasteiger partial charge in [-0.1, -0.05) is 4.40 Å². The molecule has 0 unspecified atom stereocenters. The van der Waals surface area contributed by atoms with E-state index in [2.05, 4.69) is 4.40 Å². The highest BCUT2D eigenvalue weighted by molar-refractivity contribution is 7.88. The summed E-state index contributed by atoms with van der Waals surface area (Å²) in [7, 11) is -4.34. The van der Waals surface area contributed by atoms with Crippen LogP contribution in [0, 0.1) is 0 Å². The summed E-state index contributed by atoms with van der Waals surface area (Å²) >= 11 is 0. The molecule has 0 aromatic carbocycles. The van der Waals surface area contributed by atoms with Crippen LogP contribution in [0.1, 0.15) is 0 Å². The van der Waals surface area contributed by atoms with E-state index in [1.54, 1.807) is 5.32 Å². The fraction of sp³-hybridized carbons (Fsp3) is 0.400. The zero-order chi connectivity index (χ0) is 11.6. The second-order valence-electron chi connectivity index (χ2n) is 2.53. The molecular weight excluding hydrogens is 230 g/mol. The molecule has 1 rings (SSSR count). The Morgan fingerprint density at radius 1 is 1.67 bits per heavy atom. The predicted molar refractivity (Wildman–Crippen MR) is 43.7 cm³/mol. The first-order valence-electron chi connectivity index (χ1n) is 3.53. The van der Waals surface area contributed by atoms with E-state index in [0.29, 0.717) is 0 Å². The molecule has 0 bridgehead atoms. The molecule has 0 spiro atoms. The van der Waals surface area contributed by atoms with Crippen LogP contribution >= 0.6 is 0 Å². The fourth-order valence-electron chi connectivity index (χ4n) is 0.956. The van der Waals surface area contributed by atoms with Crippen molar-refractivity contribution >= 4 is 28.3 Å². The number of nitrogens with one attached hydrogen (secondary N) is 1. The molecule has 1 fully saturated rings. The Bertz CT molecular complexity index is 449. The molecule has 1 aliphatic heterocycles. The molecule has 1 atom stereocenters. The first-order valence-corrected chi connectivity index (χ1v) is 4.93. The van der Waals surface area contributed by atoms with E-state index in [1.165, 1.54) is 0 Å². The van der Waals surface area contributed by atoms with Crippen LogP contribution in [0.5, 0.6) is 0 Å². The van der Waals surface area contributed by atoms with Gasteiger partial charge in [-0.15, -0.1) is 0 Å². The molecule has 2 N–H and O–H groups in total. The highest BCUT2D eigenvalue weighted by Gasteiger charge is 2.45. The van der Waals surface area contributed by atoms with Crippen LogP contribution < -0.4 is 5.32 Å². The molecule has 0 aromatic rings. The van der Waals surface area contributed by atoms with Gasteiger partial charge in [-0.2, -0.15) is 8.42 Å². The molecule has 1 aliphatic rings. The lowest BCUT2D eigenvalue weighted by molar-refractivity contribution is -0.136. The molecule has 2 amide bonds. The van der Waals surface area contributed by atoms with Crippen molar-refractivity contribution in [1.29, 1.82) is 0 Å². The van der Waals surface area contributed by atoms with E-state index in [1.807, 2.05) is 0 Å². The summed E-state index contributed by atoms with van der Waals surface area (Å²) in [5, 5.41) is 10.0. The topological polar surface area (TPSA) is 133 Å². The first-order chi connectivity index (χ1) is 6.88. The van der Waals surface area contributed by atoms with Gasteiger partial charge in [-0.25, -0.2) is 13.9 Å². The molecule has 82 valence electrons. The average molecular weight is 235 g/mol. The summed E-state index contributed by atoms with van der Waals surface area (Å²) < 4.78 is 24.6. The summed E-state index contributed by atoms with van der Waals surface area (Å²) in [5.41, 5.74) is 0. The van der Waals surface area contributed by atoms with E-state index >= 15 is 0 Å². The number of hydrogen-bond donors (Lipinski definition) is 2. The van der Waals surface area contributed by atoms with Crippen LogP contribution in [0.3, 0.4) is 0 Å². The maximum Gasteiger partial charge on any atom is 0.405 e. The summed E-state index contributed by atoms with van der Waals surface area (Å²) in [6, 6.07) is -1.11. The van der Waals surface area contributed by atoms with Gasteiger partial charge in [0, 0.05) is 0 Å². The minimum absolute atomic E-state index is 0.276. The number of carbonyl (C=O) groups excluding carboxylic acids is 2. The third-order valence-corrected chi connectivity index (χ3v) is 2.81. The summed E-state index contributed by atoms with van der Waals surface area (Å²) in [6.07, 6.45) is -0.651. The first kappa shape index (κ1) is 11.1. The van der Waals surface area contributed by atoms with Gasteiger partial charge in [0.15, 0.2) is 0 Å². The molecule has 0 saturated carbocycles. The van der Waals surface area contributed by atoms with Crippen LogP contribution in [0.2, 0.25) is 0 Å². The van der Waals surface area contributed by atoms with Crippen molar-refractivity contribution in [3.8, 4) is 0 Å². The Morgan fingerprint density at radius 3 is 2.67 bits per heavy atom. The second kappa shape index (κ2) is 3.67. The Balaban J connectivity index is 2.71. The van der Waals surface area contributed by atoms with Gasteiger partial charge in [-0.05, 0) is 0 Å². The smallest absolute Gasteiger partial charge is 0.405 e. The number of carbonyl (C=O) groups is 2. The molecule has 9 nitrogen and oxygen atoms in total. The number of carboxylic acid groups (broad SMARTS) is 1. The van der Waals surface area contributed by atoms with Gasteiger partial charge in [0.2, 0.25) is 0 Å². The van der Waals surface area contributed by atoms with Crippen molar-refractivity contribution in [2.75, 3.05) is 6.54 Å². The molecule has 0 aromatic heterocycles. The SMILES string of the molecule is O=C=NS(=O)(=O)N1C[C@H](NC(=O)O)C1=O. The number of isocyanates is 1. The van der Waals surface area contributed by atoms with Gasteiger partial charge in [0.1, 0.15) is 6.04 Å². The zero-order valence-electron chi connectivity index (χ0n) is 7.08. The summed E-state index contributed by atoms with van der Waals surface area (Å²) in [5.74, 6) is -0.976. The number of hydrogen-bond acceptors (Lipinski definition) is 5. The summed E-state index contributed by atoms with van der Waals surface area (Å²) in [4.78, 5) is 30.9. The standard InChI is InChI=1S/C5H5N3O6S/c9-2-6-15(13,14)8-1-3(4(8)10)7-5(11)12/h3,7H,1H2,(H,11,12)/t3-/m0/s1. The lowest BCUT2D eigenvalue weighted by Gasteiger charge is -2.34. The van der Waals surface area contributed by atoms with Gasteiger partial charge in [0.05, 0.1) is 6.54 Å². The van der Waals surface area contributed by atoms with Gasteiger partial charge in [0.25, 0.3) is 12.0 Å². The third-order valence-electron chi connectivity index (χ3n) is 1.62. The lowest BCUT2D eigenvalue weighted by Crippen LogP contribution is -2.64. The van der Waals surface area contributed by atoms with Crippen molar-refractivity contribution in [1.82, 2.24) is 9.62 Å². The molecule has 0 radical (unpaired) electrons. The minimum Gasteiger partial charge on any atom is -0.465 e. The fourth-order valence-corrected chi connectivity index (χ4v) is 1.84. The number of nitrogens with zero attached hydrogens (tertiary/aromatic N) is 2. The third kappa shape index (κ3) is 2.11. The maximum atomic E-state index is 11.0. The average Bonchev–Trinajstić information content (AvgIpc) is 2.10. The van der Waals surface area contributed by atoms with E-state index in [9.17, 15) is 22.8 Å². The van der Waals surface area contributed by atoms with Gasteiger partial charge < -0.3 is 10.4 Å². The van der Waals surface area contributed by atoms with Gasteiger partial charge >= 0.3 is 16.3 Å². The van der Waals surface area contributed by atoms with Crippen molar-refractivity contribution in [2.24, 2.45) is 4.40 Å². The van der Waals surface area contributed by atoms with Crippen molar-refractivity contribution < 1.29 is 27.9 Å². The van der Waals surface area contributed by atoms with Crippen molar-refractivity contribution in [3.63, 3.8) is 0 Å². The van der Waals surface area contributed by atoms with Crippen LogP contribution in [0.15, 0.2) is 4.40 Å². The largest absolute Gasteiger partial charge is 0.465 e. The normalized spacial score (nSPS) is 20.1. The molecule has 15 heavy (non-hydrogen) atoms. The number of amides is 2. The molecule has 10 heteroatoms. The van der Waals surface area contributed by atoms with Crippen LogP contribution in [0.4, 0.5) is 4.79 Å². The second-order valence-corrected chi connectivity index (χ2v) is 4.05. The van der Waals surface area contributed by atoms with Crippen LogP contribution in [-0.4, -0.2) is 48.5 Å². The quantitative estimate of drug-likeness (QED) is 0.331. The van der Waals surface area contributed by atoms with E-state index in [-0.39, 0.29) is 10.8 Å².